The molecule has 1 unspecified atom stereocenters. The van der Waals surface area contributed by atoms with Crippen LogP contribution >= 0.6 is 0 Å². The lowest BCUT2D eigenvalue weighted by atomic mass is 9.97. The van der Waals surface area contributed by atoms with Crippen LogP contribution in [0.4, 0.5) is 5.82 Å². The zero-order valence-electron chi connectivity index (χ0n) is 11.1. The van der Waals surface area contributed by atoms with Crippen molar-refractivity contribution in [2.75, 3.05) is 5.73 Å². The van der Waals surface area contributed by atoms with Gasteiger partial charge in [-0.15, -0.1) is 0 Å². The molecule has 1 saturated carbocycles. The van der Waals surface area contributed by atoms with Crippen LogP contribution in [0.2, 0.25) is 0 Å². The average molecular weight is 246 g/mol. The molecule has 98 valence electrons. The molecule has 3 nitrogen and oxygen atoms in total. The summed E-state index contributed by atoms with van der Waals surface area (Å²) in [4.78, 5) is 4.19. The molecular formula is C15H22N2O. The number of anilines is 1. The molecule has 1 aromatic heterocycles. The summed E-state index contributed by atoms with van der Waals surface area (Å²) < 4.78 is 6.34. The fourth-order valence-corrected chi connectivity index (χ4v) is 3.53. The highest BCUT2D eigenvalue weighted by molar-refractivity contribution is 5.44. The quantitative estimate of drug-likeness (QED) is 0.872. The average Bonchev–Trinajstić information content (AvgIpc) is 2.96. The van der Waals surface area contributed by atoms with Crippen LogP contribution in [0.5, 0.6) is 0 Å². The number of hydrogen-bond acceptors (Lipinski definition) is 3. The van der Waals surface area contributed by atoms with E-state index < -0.39 is 0 Å². The molecule has 1 aliphatic carbocycles. The monoisotopic (exact) mass is 246 g/mol. The maximum Gasteiger partial charge on any atom is 0.126 e. The Morgan fingerprint density at radius 3 is 2.89 bits per heavy atom. The molecule has 3 rings (SSSR count). The van der Waals surface area contributed by atoms with Crippen molar-refractivity contribution in [1.29, 1.82) is 0 Å². The molecule has 1 saturated heterocycles. The van der Waals surface area contributed by atoms with E-state index in [9.17, 15) is 0 Å². The van der Waals surface area contributed by atoms with Crippen LogP contribution in [0.25, 0.3) is 0 Å². The number of pyridine rings is 1. The second-order valence-corrected chi connectivity index (χ2v) is 5.86. The van der Waals surface area contributed by atoms with Crippen LogP contribution < -0.4 is 5.73 Å². The number of nitrogens with two attached hydrogens (primary N) is 1. The third-order valence-corrected chi connectivity index (χ3v) is 4.61. The van der Waals surface area contributed by atoms with Crippen LogP contribution in [0.3, 0.4) is 0 Å². The molecule has 0 amide bonds. The number of aryl methyl sites for hydroxylation is 1. The smallest absolute Gasteiger partial charge is 0.126 e. The lowest BCUT2D eigenvalue weighted by Crippen LogP contribution is -2.25. The third-order valence-electron chi connectivity index (χ3n) is 4.61. The minimum absolute atomic E-state index is 0.218. The number of rotatable bonds is 2. The predicted molar refractivity (Wildman–Crippen MR) is 72.4 cm³/mol. The molecular weight excluding hydrogens is 224 g/mol. The Bertz CT molecular complexity index is 418. The van der Waals surface area contributed by atoms with Crippen molar-refractivity contribution in [3.63, 3.8) is 0 Å². The minimum Gasteiger partial charge on any atom is -0.383 e. The Hall–Kier alpha value is -1.09. The van der Waals surface area contributed by atoms with Crippen molar-refractivity contribution in [2.45, 2.75) is 63.6 Å². The first-order valence-corrected chi connectivity index (χ1v) is 7.06. The zero-order chi connectivity index (χ0) is 12.6. The number of nitrogen functional groups attached to an aromatic ring is 1. The zero-order valence-corrected chi connectivity index (χ0v) is 11.1. The Morgan fingerprint density at radius 1 is 1.39 bits per heavy atom. The van der Waals surface area contributed by atoms with E-state index in [0.29, 0.717) is 11.9 Å². The molecule has 1 atom stereocenters. The van der Waals surface area contributed by atoms with Gasteiger partial charge >= 0.3 is 0 Å². The number of nitrogens with zero attached hydrogens (tertiary/aromatic N) is 1. The second-order valence-electron chi connectivity index (χ2n) is 5.86. The summed E-state index contributed by atoms with van der Waals surface area (Å²) in [7, 11) is 0. The van der Waals surface area contributed by atoms with Gasteiger partial charge in [0.2, 0.25) is 0 Å². The summed E-state index contributed by atoms with van der Waals surface area (Å²) in [5, 5.41) is 0. The fourth-order valence-electron chi connectivity index (χ4n) is 3.53. The molecule has 18 heavy (non-hydrogen) atoms. The summed E-state index contributed by atoms with van der Waals surface area (Å²) in [5.74, 6) is 0.672. The lowest BCUT2D eigenvalue weighted by Gasteiger charge is -2.24. The number of ether oxygens (including phenoxy) is 1. The second kappa shape index (κ2) is 4.54. The summed E-state index contributed by atoms with van der Waals surface area (Å²) in [6, 6.07) is 2.03. The summed E-state index contributed by atoms with van der Waals surface area (Å²) in [6.07, 6.45) is 10.6. The summed E-state index contributed by atoms with van der Waals surface area (Å²) in [5.41, 5.74) is 8.61. The SMILES string of the molecule is Cc1ccnc(N)c1CC1CCC2(CCCC2)O1. The van der Waals surface area contributed by atoms with Crippen molar-refractivity contribution in [3.8, 4) is 0 Å². The predicted octanol–water partition coefficient (Wildman–Crippen LogP) is 3.01. The van der Waals surface area contributed by atoms with Crippen LogP contribution in [-0.2, 0) is 11.2 Å². The molecule has 0 radical (unpaired) electrons. The van der Waals surface area contributed by atoms with E-state index in [0.717, 1.165) is 6.42 Å². The Morgan fingerprint density at radius 2 is 2.17 bits per heavy atom. The maximum absolute atomic E-state index is 6.34. The largest absolute Gasteiger partial charge is 0.383 e. The molecule has 3 heteroatoms. The Labute approximate surface area is 109 Å². The van der Waals surface area contributed by atoms with Crippen molar-refractivity contribution >= 4 is 5.82 Å². The standard InChI is InChI=1S/C15H22N2O/c1-11-5-9-17-14(16)13(11)10-12-4-8-15(18-12)6-2-3-7-15/h5,9,12H,2-4,6-8,10H2,1H3,(H2,16,17). The summed E-state index contributed by atoms with van der Waals surface area (Å²) >= 11 is 0. The highest BCUT2D eigenvalue weighted by atomic mass is 16.5. The molecule has 2 N–H and O–H groups in total. The van der Waals surface area contributed by atoms with Gasteiger partial charge in [0.25, 0.3) is 0 Å². The molecule has 1 spiro atoms. The van der Waals surface area contributed by atoms with E-state index in [1.54, 1.807) is 6.20 Å². The van der Waals surface area contributed by atoms with Gasteiger partial charge in [-0.1, -0.05) is 12.8 Å². The van der Waals surface area contributed by atoms with Crippen molar-refractivity contribution in [3.05, 3.63) is 23.4 Å². The van der Waals surface area contributed by atoms with E-state index in [4.69, 9.17) is 10.5 Å². The van der Waals surface area contributed by atoms with Gasteiger partial charge in [-0.3, -0.25) is 0 Å². The van der Waals surface area contributed by atoms with Gasteiger partial charge in [-0.2, -0.15) is 0 Å². The molecule has 1 aromatic rings. The van der Waals surface area contributed by atoms with E-state index in [-0.39, 0.29) is 5.60 Å². The van der Waals surface area contributed by atoms with Gasteiger partial charge in [0.05, 0.1) is 11.7 Å². The van der Waals surface area contributed by atoms with Gasteiger partial charge < -0.3 is 10.5 Å². The van der Waals surface area contributed by atoms with Crippen molar-refractivity contribution in [2.24, 2.45) is 0 Å². The van der Waals surface area contributed by atoms with Crippen LogP contribution in [0, 0.1) is 6.92 Å². The molecule has 2 aliphatic rings. The highest BCUT2D eigenvalue weighted by Crippen LogP contribution is 2.44. The molecule has 2 heterocycles. The highest BCUT2D eigenvalue weighted by Gasteiger charge is 2.42. The number of aromatic nitrogens is 1. The van der Waals surface area contributed by atoms with E-state index in [2.05, 4.69) is 11.9 Å². The van der Waals surface area contributed by atoms with E-state index in [1.807, 2.05) is 6.07 Å². The first-order valence-electron chi connectivity index (χ1n) is 7.06. The third kappa shape index (κ3) is 2.12. The van der Waals surface area contributed by atoms with Gasteiger partial charge in [0.1, 0.15) is 5.82 Å². The number of hydrogen-bond donors (Lipinski definition) is 1. The lowest BCUT2D eigenvalue weighted by molar-refractivity contribution is -0.0355. The summed E-state index contributed by atoms with van der Waals surface area (Å²) in [6.45, 7) is 2.10. The first-order chi connectivity index (χ1) is 8.69. The maximum atomic E-state index is 6.34. The van der Waals surface area contributed by atoms with Gasteiger partial charge in [0, 0.05) is 12.6 Å². The molecule has 1 aliphatic heterocycles. The fraction of sp³-hybridized carbons (Fsp3) is 0.667. The van der Waals surface area contributed by atoms with Gasteiger partial charge in [-0.25, -0.2) is 4.98 Å². The van der Waals surface area contributed by atoms with E-state index >= 15 is 0 Å². The van der Waals surface area contributed by atoms with Crippen LogP contribution in [-0.4, -0.2) is 16.7 Å². The Balaban J connectivity index is 1.71. The topological polar surface area (TPSA) is 48.1 Å². The van der Waals surface area contributed by atoms with Gasteiger partial charge in [0.15, 0.2) is 0 Å². The minimum atomic E-state index is 0.218. The molecule has 0 bridgehead atoms. The van der Waals surface area contributed by atoms with Crippen LogP contribution in [0.1, 0.15) is 49.7 Å². The molecule has 0 aromatic carbocycles. The van der Waals surface area contributed by atoms with Gasteiger partial charge in [-0.05, 0) is 49.8 Å². The van der Waals surface area contributed by atoms with E-state index in [1.165, 1.54) is 49.7 Å². The Kier molecular flexibility index (Phi) is 3.02. The normalized spacial score (nSPS) is 25.9. The van der Waals surface area contributed by atoms with Crippen LogP contribution in [0.15, 0.2) is 12.3 Å². The first kappa shape index (κ1) is 12.0. The van der Waals surface area contributed by atoms with Crippen molar-refractivity contribution < 1.29 is 4.74 Å². The van der Waals surface area contributed by atoms with Crippen molar-refractivity contribution in [1.82, 2.24) is 4.98 Å². The molecule has 2 fully saturated rings.